The fourth-order valence-electron chi connectivity index (χ4n) is 4.56. The molecule has 2 fully saturated rings. The van der Waals surface area contributed by atoms with Gasteiger partial charge in [-0.15, -0.1) is 11.3 Å². The van der Waals surface area contributed by atoms with Gasteiger partial charge in [0.05, 0.1) is 4.90 Å². The molecular formula is C24H31N3O4S2. The molecule has 9 heteroatoms. The Morgan fingerprint density at radius 3 is 2.27 bits per heavy atom. The van der Waals surface area contributed by atoms with Gasteiger partial charge in [-0.05, 0) is 60.9 Å². The molecule has 0 bridgehead atoms. The van der Waals surface area contributed by atoms with E-state index in [4.69, 9.17) is 0 Å². The molecule has 1 aromatic heterocycles. The summed E-state index contributed by atoms with van der Waals surface area (Å²) < 4.78 is 27.7. The van der Waals surface area contributed by atoms with E-state index in [1.54, 1.807) is 28.4 Å². The lowest BCUT2D eigenvalue weighted by atomic mass is 10.0. The van der Waals surface area contributed by atoms with Crippen LogP contribution in [0.5, 0.6) is 0 Å². The molecule has 2 aliphatic rings. The van der Waals surface area contributed by atoms with Crippen LogP contribution >= 0.6 is 11.3 Å². The predicted molar refractivity (Wildman–Crippen MR) is 129 cm³/mol. The molecule has 4 rings (SSSR count). The van der Waals surface area contributed by atoms with Crippen molar-refractivity contribution in [1.82, 2.24) is 14.5 Å². The summed E-state index contributed by atoms with van der Waals surface area (Å²) in [4.78, 5) is 30.3. The van der Waals surface area contributed by atoms with Crippen LogP contribution in [0.25, 0.3) is 0 Å². The largest absolute Gasteiger partial charge is 0.339 e. The highest BCUT2D eigenvalue weighted by Crippen LogP contribution is 2.28. The molecule has 0 unspecified atom stereocenters. The molecule has 0 atom stereocenters. The Bertz CT molecular complexity index is 1040. The maximum absolute atomic E-state index is 12.9. The van der Waals surface area contributed by atoms with Gasteiger partial charge >= 0.3 is 0 Å². The minimum atomic E-state index is -3.62. The van der Waals surface area contributed by atoms with Gasteiger partial charge in [-0.2, -0.15) is 0 Å². The maximum atomic E-state index is 12.9. The van der Waals surface area contributed by atoms with Gasteiger partial charge in [-0.25, -0.2) is 13.1 Å². The minimum absolute atomic E-state index is 0.132. The molecule has 1 aliphatic heterocycles. The van der Waals surface area contributed by atoms with Crippen LogP contribution in [0.2, 0.25) is 0 Å². The molecule has 0 radical (unpaired) electrons. The van der Waals surface area contributed by atoms with E-state index in [1.165, 1.54) is 25.0 Å². The summed E-state index contributed by atoms with van der Waals surface area (Å²) in [6.07, 6.45) is 6.03. The average molecular weight is 490 g/mol. The fraction of sp³-hybridized carbons (Fsp3) is 0.500. The third-order valence-corrected chi connectivity index (χ3v) is 8.93. The second-order valence-electron chi connectivity index (χ2n) is 8.78. The lowest BCUT2D eigenvalue weighted by Gasteiger charge is -2.35. The van der Waals surface area contributed by atoms with Gasteiger partial charge < -0.3 is 9.80 Å². The van der Waals surface area contributed by atoms with Crippen LogP contribution in [0.1, 0.15) is 47.3 Å². The number of carbonyl (C=O) groups excluding carboxylic acids is 2. The van der Waals surface area contributed by atoms with E-state index in [0.717, 1.165) is 17.7 Å². The van der Waals surface area contributed by atoms with Crippen molar-refractivity contribution in [3.05, 3.63) is 52.2 Å². The van der Waals surface area contributed by atoms with E-state index >= 15 is 0 Å². The zero-order chi connectivity index (χ0) is 23.3. The number of thiophene rings is 1. The van der Waals surface area contributed by atoms with Crippen LogP contribution in [0.15, 0.2) is 46.7 Å². The van der Waals surface area contributed by atoms with Gasteiger partial charge in [0, 0.05) is 49.6 Å². The zero-order valence-electron chi connectivity index (χ0n) is 18.7. The van der Waals surface area contributed by atoms with Gasteiger partial charge in [0.25, 0.3) is 5.91 Å². The first kappa shape index (κ1) is 23.9. The number of nitrogens with one attached hydrogen (secondary N) is 1. The van der Waals surface area contributed by atoms with Crippen molar-refractivity contribution >= 4 is 33.2 Å². The van der Waals surface area contributed by atoms with E-state index in [9.17, 15) is 18.0 Å². The summed E-state index contributed by atoms with van der Waals surface area (Å²) in [6, 6.07) is 9.99. The second kappa shape index (κ2) is 10.8. The quantitative estimate of drug-likeness (QED) is 0.617. The van der Waals surface area contributed by atoms with Crippen molar-refractivity contribution in [1.29, 1.82) is 0 Å². The summed E-state index contributed by atoms with van der Waals surface area (Å²) in [6.45, 7) is 2.43. The normalized spacial score (nSPS) is 17.5. The molecule has 0 spiro atoms. The number of sulfonamides is 1. The Labute approximate surface area is 199 Å². The minimum Gasteiger partial charge on any atom is -0.339 e. The van der Waals surface area contributed by atoms with Gasteiger partial charge in [0.2, 0.25) is 15.9 Å². The highest BCUT2D eigenvalue weighted by atomic mass is 32.2. The number of benzene rings is 1. The number of carbonyl (C=O) groups is 2. The molecule has 1 aromatic carbocycles. The molecule has 2 amide bonds. The summed E-state index contributed by atoms with van der Waals surface area (Å²) in [7, 11) is -3.62. The zero-order valence-corrected chi connectivity index (χ0v) is 20.4. The van der Waals surface area contributed by atoms with Crippen molar-refractivity contribution in [2.24, 2.45) is 5.92 Å². The number of rotatable bonds is 8. The van der Waals surface area contributed by atoms with Gasteiger partial charge in [0.15, 0.2) is 0 Å². The van der Waals surface area contributed by atoms with E-state index in [2.05, 4.69) is 4.72 Å². The fourth-order valence-corrected chi connectivity index (χ4v) is 6.30. The number of nitrogens with zero attached hydrogens (tertiary/aromatic N) is 2. The molecule has 1 saturated carbocycles. The smallest absolute Gasteiger partial charge is 0.253 e. The van der Waals surface area contributed by atoms with E-state index < -0.39 is 10.0 Å². The molecule has 1 N–H and O–H groups in total. The monoisotopic (exact) mass is 489 g/mol. The predicted octanol–water partition coefficient (Wildman–Crippen LogP) is 3.13. The van der Waals surface area contributed by atoms with E-state index in [1.807, 2.05) is 22.4 Å². The van der Waals surface area contributed by atoms with Crippen LogP contribution in [-0.4, -0.2) is 62.8 Å². The SMILES string of the molecule is O=C(CC1CCCC1)N1CCN(C(=O)c2ccc(S(=O)(=O)NCCc3cccs3)cc2)CC1. The Balaban J connectivity index is 1.27. The second-order valence-corrected chi connectivity index (χ2v) is 11.6. The highest BCUT2D eigenvalue weighted by molar-refractivity contribution is 7.89. The van der Waals surface area contributed by atoms with Crippen LogP contribution in [0.4, 0.5) is 0 Å². The van der Waals surface area contributed by atoms with Gasteiger partial charge in [0.1, 0.15) is 0 Å². The van der Waals surface area contributed by atoms with Crippen molar-refractivity contribution in [3.63, 3.8) is 0 Å². The van der Waals surface area contributed by atoms with Crippen molar-refractivity contribution in [3.8, 4) is 0 Å². The van der Waals surface area contributed by atoms with E-state index in [0.29, 0.717) is 57.0 Å². The van der Waals surface area contributed by atoms with Crippen LogP contribution in [0.3, 0.4) is 0 Å². The third-order valence-electron chi connectivity index (χ3n) is 6.51. The van der Waals surface area contributed by atoms with Crippen molar-refractivity contribution in [2.45, 2.75) is 43.4 Å². The number of hydrogen-bond acceptors (Lipinski definition) is 5. The Morgan fingerprint density at radius 1 is 0.970 bits per heavy atom. The molecule has 178 valence electrons. The number of piperazine rings is 1. The molecule has 7 nitrogen and oxygen atoms in total. The summed E-state index contributed by atoms with van der Waals surface area (Å²) in [5, 5.41) is 1.97. The molecule has 1 aliphatic carbocycles. The Morgan fingerprint density at radius 2 is 1.64 bits per heavy atom. The van der Waals surface area contributed by atoms with Crippen LogP contribution < -0.4 is 4.72 Å². The molecule has 1 saturated heterocycles. The number of hydrogen-bond donors (Lipinski definition) is 1. The van der Waals surface area contributed by atoms with Gasteiger partial charge in [-0.1, -0.05) is 18.9 Å². The topological polar surface area (TPSA) is 86.8 Å². The Hall–Kier alpha value is -2.23. The number of amides is 2. The van der Waals surface area contributed by atoms with Crippen molar-refractivity contribution < 1.29 is 18.0 Å². The first-order chi connectivity index (χ1) is 15.9. The van der Waals surface area contributed by atoms with Crippen LogP contribution in [-0.2, 0) is 21.2 Å². The summed E-state index contributed by atoms with van der Waals surface area (Å²) in [5.41, 5.74) is 0.457. The third kappa shape index (κ3) is 6.22. The first-order valence-corrected chi connectivity index (χ1v) is 14.0. The van der Waals surface area contributed by atoms with Crippen molar-refractivity contribution in [2.75, 3.05) is 32.7 Å². The lowest BCUT2D eigenvalue weighted by Crippen LogP contribution is -2.50. The summed E-state index contributed by atoms with van der Waals surface area (Å²) >= 11 is 1.60. The highest BCUT2D eigenvalue weighted by Gasteiger charge is 2.27. The molecule has 2 aromatic rings. The summed E-state index contributed by atoms with van der Waals surface area (Å²) in [5.74, 6) is 0.597. The molecule has 2 heterocycles. The maximum Gasteiger partial charge on any atom is 0.253 e. The lowest BCUT2D eigenvalue weighted by molar-refractivity contribution is -0.133. The van der Waals surface area contributed by atoms with E-state index in [-0.39, 0.29) is 16.7 Å². The molecular weight excluding hydrogens is 458 g/mol. The molecule has 33 heavy (non-hydrogen) atoms. The van der Waals surface area contributed by atoms with Gasteiger partial charge in [-0.3, -0.25) is 9.59 Å². The first-order valence-electron chi connectivity index (χ1n) is 11.6. The Kier molecular flexibility index (Phi) is 7.82. The standard InChI is InChI=1S/C24H31N3O4S2/c28-23(18-19-4-1-2-5-19)26-13-15-27(16-14-26)24(29)20-7-9-22(10-8-20)33(30,31)25-12-11-21-6-3-17-32-21/h3,6-10,17,19,25H,1-2,4-5,11-16,18H2. The van der Waals surface area contributed by atoms with Crippen LogP contribution in [0, 0.1) is 5.92 Å². The average Bonchev–Trinajstić information content (AvgIpc) is 3.53.